The lowest BCUT2D eigenvalue weighted by Crippen LogP contribution is -2.46. The van der Waals surface area contributed by atoms with Crippen LogP contribution in [0.1, 0.15) is 68.1 Å². The van der Waals surface area contributed by atoms with Crippen molar-refractivity contribution in [3.05, 3.63) is 72.0 Å². The SMILES string of the molecule is CN1[C@H](C2CCCCC2)CN(c2ccccc2)c2cc(OC3CC4(CC4)C3)c(-c3ccc(F)c(C(=O)O)c3)cc2S1(=O)=O. The first-order valence-corrected chi connectivity index (χ1v) is 16.8. The van der Waals surface area contributed by atoms with Gasteiger partial charge < -0.3 is 14.7 Å². The number of benzene rings is 3. The number of para-hydroxylation sites is 1. The normalized spacial score (nSPS) is 23.3. The number of fused-ring (bicyclic) bond motifs is 1. The van der Waals surface area contributed by atoms with E-state index in [0.29, 0.717) is 34.5 Å². The van der Waals surface area contributed by atoms with Gasteiger partial charge in [-0.15, -0.1) is 0 Å². The number of anilines is 2. The number of hydrogen-bond acceptors (Lipinski definition) is 5. The summed E-state index contributed by atoms with van der Waals surface area (Å²) in [7, 11) is -2.28. The molecule has 3 saturated carbocycles. The van der Waals surface area contributed by atoms with Crippen molar-refractivity contribution in [2.75, 3.05) is 18.5 Å². The predicted octanol–water partition coefficient (Wildman–Crippen LogP) is 7.23. The zero-order valence-electron chi connectivity index (χ0n) is 24.3. The van der Waals surface area contributed by atoms with Crippen LogP contribution in [0.4, 0.5) is 15.8 Å². The van der Waals surface area contributed by atoms with E-state index in [9.17, 15) is 22.7 Å². The molecule has 0 bridgehead atoms. The maximum Gasteiger partial charge on any atom is 0.338 e. The van der Waals surface area contributed by atoms with Crippen LogP contribution in [-0.4, -0.2) is 49.5 Å². The lowest BCUT2D eigenvalue weighted by atomic mass is 9.79. The molecular weight excluding hydrogens is 567 g/mol. The van der Waals surface area contributed by atoms with E-state index in [1.807, 2.05) is 36.4 Å². The summed E-state index contributed by atoms with van der Waals surface area (Å²) in [5.41, 5.74) is 2.19. The Hall–Kier alpha value is -3.43. The van der Waals surface area contributed by atoms with Crippen LogP contribution >= 0.6 is 0 Å². The Labute approximate surface area is 252 Å². The molecule has 3 fully saturated rings. The van der Waals surface area contributed by atoms with E-state index in [-0.39, 0.29) is 23.0 Å². The summed E-state index contributed by atoms with van der Waals surface area (Å²) in [4.78, 5) is 14.1. The van der Waals surface area contributed by atoms with Crippen LogP contribution in [0.5, 0.6) is 5.75 Å². The molecule has 0 radical (unpaired) electrons. The molecule has 43 heavy (non-hydrogen) atoms. The molecule has 4 aliphatic rings. The Morgan fingerprint density at radius 2 is 1.72 bits per heavy atom. The van der Waals surface area contributed by atoms with Gasteiger partial charge in [-0.2, -0.15) is 4.31 Å². The van der Waals surface area contributed by atoms with Gasteiger partial charge in [0.25, 0.3) is 0 Å². The van der Waals surface area contributed by atoms with Crippen molar-refractivity contribution >= 4 is 27.4 Å². The monoisotopic (exact) mass is 604 g/mol. The summed E-state index contributed by atoms with van der Waals surface area (Å²) in [6.07, 6.45) is 9.62. The number of ether oxygens (including phenoxy) is 1. The number of carbonyl (C=O) groups is 1. The molecule has 1 N–H and O–H groups in total. The number of halogens is 1. The Morgan fingerprint density at radius 3 is 2.40 bits per heavy atom. The Balaban J connectivity index is 1.41. The first-order chi connectivity index (χ1) is 20.6. The first-order valence-electron chi connectivity index (χ1n) is 15.3. The maximum absolute atomic E-state index is 14.5. The van der Waals surface area contributed by atoms with Gasteiger partial charge in [-0.1, -0.05) is 43.5 Å². The van der Waals surface area contributed by atoms with Gasteiger partial charge in [0.1, 0.15) is 16.5 Å². The summed E-state index contributed by atoms with van der Waals surface area (Å²) >= 11 is 0. The van der Waals surface area contributed by atoms with Crippen molar-refractivity contribution in [3.63, 3.8) is 0 Å². The molecule has 0 saturated heterocycles. The minimum atomic E-state index is -3.96. The smallest absolute Gasteiger partial charge is 0.338 e. The predicted molar refractivity (Wildman–Crippen MR) is 163 cm³/mol. The summed E-state index contributed by atoms with van der Waals surface area (Å²) in [5, 5.41) is 9.64. The second-order valence-electron chi connectivity index (χ2n) is 12.9. The van der Waals surface area contributed by atoms with Crippen molar-refractivity contribution in [1.82, 2.24) is 4.31 Å². The highest BCUT2D eigenvalue weighted by Crippen LogP contribution is 2.61. The summed E-state index contributed by atoms with van der Waals surface area (Å²) in [6, 6.07) is 16.9. The first kappa shape index (κ1) is 28.3. The Bertz CT molecular complexity index is 1660. The van der Waals surface area contributed by atoms with Crippen molar-refractivity contribution in [3.8, 4) is 16.9 Å². The molecule has 3 aliphatic carbocycles. The van der Waals surface area contributed by atoms with Crippen LogP contribution in [-0.2, 0) is 10.0 Å². The fraction of sp³-hybridized carbons (Fsp3) is 0.441. The number of hydrogen-bond donors (Lipinski definition) is 1. The second-order valence-corrected chi connectivity index (χ2v) is 14.9. The van der Waals surface area contributed by atoms with Crippen molar-refractivity contribution in [2.45, 2.75) is 74.8 Å². The van der Waals surface area contributed by atoms with Crippen LogP contribution in [0.25, 0.3) is 11.1 Å². The third-order valence-corrected chi connectivity index (χ3v) is 12.1. The molecule has 3 aromatic carbocycles. The second kappa shape index (κ2) is 10.6. The molecule has 226 valence electrons. The van der Waals surface area contributed by atoms with Crippen LogP contribution in [0, 0.1) is 17.2 Å². The van der Waals surface area contributed by atoms with E-state index in [4.69, 9.17) is 4.74 Å². The standard InChI is InChI=1S/C34H37FN2O5S/c1-36-30(22-8-4-2-5-9-22)21-37(24-10-6-3-7-11-24)29-18-31(42-25-19-34(20-25)14-15-34)26(17-32(29)43(36,40)41)23-12-13-28(35)27(16-23)33(38)39/h3,6-7,10-13,16-18,22,25,30H,2,4-5,8-9,14-15,19-21H2,1H3,(H,38,39)/t30-/m0/s1. The highest BCUT2D eigenvalue weighted by Gasteiger charge is 2.54. The number of rotatable bonds is 6. The summed E-state index contributed by atoms with van der Waals surface area (Å²) in [5.74, 6) is -1.51. The van der Waals surface area contributed by atoms with Crippen LogP contribution in [0.2, 0.25) is 0 Å². The fourth-order valence-electron chi connectivity index (χ4n) is 7.45. The molecule has 1 atom stereocenters. The highest BCUT2D eigenvalue weighted by molar-refractivity contribution is 7.89. The minimum absolute atomic E-state index is 0.0103. The number of aromatic carboxylic acids is 1. The van der Waals surface area contributed by atoms with Gasteiger partial charge >= 0.3 is 5.97 Å². The van der Waals surface area contributed by atoms with E-state index >= 15 is 0 Å². The lowest BCUT2D eigenvalue weighted by Gasteiger charge is -2.37. The van der Waals surface area contributed by atoms with Crippen molar-refractivity contribution < 1.29 is 27.4 Å². The van der Waals surface area contributed by atoms with E-state index in [1.165, 1.54) is 31.4 Å². The summed E-state index contributed by atoms with van der Waals surface area (Å²) in [6.45, 7) is 0.502. The molecule has 1 spiro atoms. The molecule has 1 aliphatic heterocycles. The molecule has 9 heteroatoms. The third-order valence-electron chi connectivity index (χ3n) is 10.2. The lowest BCUT2D eigenvalue weighted by molar-refractivity contribution is 0.0509. The molecule has 7 nitrogen and oxygen atoms in total. The van der Waals surface area contributed by atoms with Gasteiger partial charge in [0.05, 0.1) is 17.4 Å². The molecule has 0 amide bonds. The van der Waals surface area contributed by atoms with E-state index in [2.05, 4.69) is 4.90 Å². The molecule has 3 aromatic rings. The zero-order valence-corrected chi connectivity index (χ0v) is 25.2. The van der Waals surface area contributed by atoms with Gasteiger partial charge in [0.2, 0.25) is 10.0 Å². The van der Waals surface area contributed by atoms with Gasteiger partial charge in [0.15, 0.2) is 0 Å². The van der Waals surface area contributed by atoms with E-state index < -0.39 is 27.4 Å². The molecule has 7 rings (SSSR count). The van der Waals surface area contributed by atoms with E-state index in [0.717, 1.165) is 50.3 Å². The zero-order chi connectivity index (χ0) is 29.9. The number of sulfonamides is 1. The van der Waals surface area contributed by atoms with Crippen LogP contribution in [0.15, 0.2) is 65.6 Å². The quantitative estimate of drug-likeness (QED) is 0.319. The van der Waals surface area contributed by atoms with E-state index in [1.54, 1.807) is 17.4 Å². The molecule has 0 unspecified atom stereocenters. The summed E-state index contributed by atoms with van der Waals surface area (Å²) < 4.78 is 51.5. The van der Waals surface area contributed by atoms with Crippen molar-refractivity contribution in [1.29, 1.82) is 0 Å². The Kier molecular flexibility index (Phi) is 7.01. The average Bonchev–Trinajstić information content (AvgIpc) is 3.80. The maximum atomic E-state index is 14.5. The Morgan fingerprint density at radius 1 is 1.00 bits per heavy atom. The molecular formula is C34H37FN2O5S. The van der Waals surface area contributed by atoms with Gasteiger partial charge in [-0.05, 0) is 85.8 Å². The topological polar surface area (TPSA) is 87.2 Å². The van der Waals surface area contributed by atoms with Crippen molar-refractivity contribution in [2.24, 2.45) is 11.3 Å². The fourth-order valence-corrected chi connectivity index (χ4v) is 9.06. The van der Waals surface area contributed by atoms with Gasteiger partial charge in [-0.25, -0.2) is 17.6 Å². The molecule has 1 heterocycles. The highest BCUT2D eigenvalue weighted by atomic mass is 32.2. The third kappa shape index (κ3) is 5.10. The largest absolute Gasteiger partial charge is 0.490 e. The number of carboxylic acid groups (broad SMARTS) is 1. The van der Waals surface area contributed by atoms with Gasteiger partial charge in [0, 0.05) is 37.0 Å². The molecule has 0 aromatic heterocycles. The number of nitrogens with zero attached hydrogens (tertiary/aromatic N) is 2. The average molecular weight is 605 g/mol. The minimum Gasteiger partial charge on any atom is -0.490 e. The van der Waals surface area contributed by atoms with Gasteiger partial charge in [-0.3, -0.25) is 0 Å². The number of carboxylic acids is 1. The van der Waals surface area contributed by atoms with Crippen LogP contribution < -0.4 is 9.64 Å². The number of likely N-dealkylation sites (N-methyl/N-ethyl adjacent to an activating group) is 1. The van der Waals surface area contributed by atoms with Crippen LogP contribution in [0.3, 0.4) is 0 Å².